The van der Waals surface area contributed by atoms with Crippen molar-refractivity contribution < 1.29 is 14.3 Å². The minimum atomic E-state index is -0.854. The summed E-state index contributed by atoms with van der Waals surface area (Å²) in [5.41, 5.74) is 1.97. The number of benzene rings is 2. The van der Waals surface area contributed by atoms with Gasteiger partial charge >= 0.3 is 0 Å². The van der Waals surface area contributed by atoms with Crippen LogP contribution in [0.4, 0.5) is 0 Å². The zero-order chi connectivity index (χ0) is 21.4. The molecule has 158 valence electrons. The highest BCUT2D eigenvalue weighted by atomic mass is 16.5. The van der Waals surface area contributed by atoms with Crippen molar-refractivity contribution in [3.05, 3.63) is 77.9 Å². The minimum Gasteiger partial charge on any atom is -0.497 e. The van der Waals surface area contributed by atoms with E-state index in [1.54, 1.807) is 37.6 Å². The van der Waals surface area contributed by atoms with E-state index in [4.69, 9.17) is 4.74 Å². The van der Waals surface area contributed by atoms with E-state index in [0.29, 0.717) is 24.2 Å². The number of carbonyl (C=O) groups excluding carboxylic acids is 2. The molecule has 0 bridgehead atoms. The normalized spacial score (nSPS) is 18.2. The molecule has 0 spiro atoms. The van der Waals surface area contributed by atoms with E-state index in [1.165, 1.54) is 5.56 Å². The molecule has 5 rings (SSSR count). The molecule has 7 nitrogen and oxygen atoms in total. The van der Waals surface area contributed by atoms with E-state index in [0.717, 1.165) is 24.4 Å². The highest BCUT2D eigenvalue weighted by Gasteiger charge is 2.52. The Balaban J connectivity index is 1.31. The monoisotopic (exact) mass is 416 g/mol. The number of rotatable bonds is 5. The highest BCUT2D eigenvalue weighted by molar-refractivity contribution is 6.00. The number of hydrogen-bond donors (Lipinski definition) is 2. The number of aromatic nitrogens is 2. The molecule has 1 unspecified atom stereocenters. The lowest BCUT2D eigenvalue weighted by molar-refractivity contribution is -0.124. The van der Waals surface area contributed by atoms with Gasteiger partial charge in [-0.3, -0.25) is 9.59 Å². The van der Waals surface area contributed by atoms with Gasteiger partial charge in [0.25, 0.3) is 5.91 Å². The van der Waals surface area contributed by atoms with Crippen molar-refractivity contribution in [2.75, 3.05) is 7.11 Å². The molecule has 1 fully saturated rings. The molecule has 1 atom stereocenters. The number of amides is 2. The van der Waals surface area contributed by atoms with Gasteiger partial charge in [0, 0.05) is 23.6 Å². The second-order valence-corrected chi connectivity index (χ2v) is 8.11. The average Bonchev–Trinajstić information content (AvgIpc) is 3.46. The maximum Gasteiger partial charge on any atom is 0.252 e. The van der Waals surface area contributed by atoms with Gasteiger partial charge in [0.05, 0.1) is 13.2 Å². The Morgan fingerprint density at radius 1 is 1.13 bits per heavy atom. The first-order valence-corrected chi connectivity index (χ1v) is 10.5. The summed E-state index contributed by atoms with van der Waals surface area (Å²) in [6, 6.07) is 14.9. The summed E-state index contributed by atoms with van der Waals surface area (Å²) in [7, 11) is 1.58. The van der Waals surface area contributed by atoms with Crippen LogP contribution >= 0.6 is 0 Å². The van der Waals surface area contributed by atoms with Gasteiger partial charge in [0.1, 0.15) is 17.1 Å². The van der Waals surface area contributed by atoms with E-state index in [1.807, 2.05) is 22.9 Å². The predicted octanol–water partition coefficient (Wildman–Crippen LogP) is 2.95. The number of nitrogens with zero attached hydrogens (tertiary/aromatic N) is 2. The molecule has 2 N–H and O–H groups in total. The van der Waals surface area contributed by atoms with Gasteiger partial charge < -0.3 is 19.9 Å². The first kappa shape index (κ1) is 19.4. The number of aryl methyl sites for hydroxylation is 1. The fourth-order valence-corrected chi connectivity index (χ4v) is 4.16. The standard InChI is InChI=1S/C24H24N4O3/c1-31-18-9-6-17(7-10-18)22(29)27-24(12-13-24)23(30)26-19-11-8-16-4-2-3-5-20(16)28-15-14-25-21(19)28/h2-7,9-10,14-15,19H,8,11-13H2,1H3,(H,26,30)(H,27,29). The minimum absolute atomic E-state index is 0.153. The van der Waals surface area contributed by atoms with Crippen molar-refractivity contribution >= 4 is 11.8 Å². The molecular formula is C24H24N4O3. The Labute approximate surface area is 180 Å². The first-order valence-electron chi connectivity index (χ1n) is 10.5. The Kier molecular flexibility index (Phi) is 4.73. The van der Waals surface area contributed by atoms with Crippen LogP contribution in [0.3, 0.4) is 0 Å². The summed E-state index contributed by atoms with van der Waals surface area (Å²) in [5.74, 6) is 1.08. The summed E-state index contributed by atoms with van der Waals surface area (Å²) in [6.45, 7) is 0. The van der Waals surface area contributed by atoms with Crippen LogP contribution in [0.1, 0.15) is 47.1 Å². The fourth-order valence-electron chi connectivity index (χ4n) is 4.16. The summed E-state index contributed by atoms with van der Waals surface area (Å²) >= 11 is 0. The second-order valence-electron chi connectivity index (χ2n) is 8.11. The van der Waals surface area contributed by atoms with Gasteiger partial charge in [0.2, 0.25) is 5.91 Å². The van der Waals surface area contributed by atoms with E-state index < -0.39 is 5.54 Å². The van der Waals surface area contributed by atoms with Gasteiger partial charge in [-0.1, -0.05) is 18.2 Å². The van der Waals surface area contributed by atoms with E-state index in [9.17, 15) is 9.59 Å². The number of imidazole rings is 1. The van der Waals surface area contributed by atoms with Crippen molar-refractivity contribution in [3.8, 4) is 11.4 Å². The maximum absolute atomic E-state index is 13.2. The molecule has 2 aliphatic rings. The Morgan fingerprint density at radius 2 is 1.90 bits per heavy atom. The molecule has 0 radical (unpaired) electrons. The molecule has 31 heavy (non-hydrogen) atoms. The summed E-state index contributed by atoms with van der Waals surface area (Å²) in [6.07, 6.45) is 6.54. The van der Waals surface area contributed by atoms with Crippen molar-refractivity contribution in [2.24, 2.45) is 0 Å². The Bertz CT molecular complexity index is 1130. The lowest BCUT2D eigenvalue weighted by Crippen LogP contribution is -2.50. The van der Waals surface area contributed by atoms with Crippen LogP contribution in [0.15, 0.2) is 60.9 Å². The number of para-hydroxylation sites is 1. The third-order valence-corrected chi connectivity index (χ3v) is 6.13. The van der Waals surface area contributed by atoms with E-state index in [2.05, 4.69) is 27.8 Å². The maximum atomic E-state index is 13.2. The summed E-state index contributed by atoms with van der Waals surface area (Å²) in [4.78, 5) is 30.4. The lowest BCUT2D eigenvalue weighted by atomic mass is 10.0. The van der Waals surface area contributed by atoms with Crippen molar-refractivity contribution in [1.29, 1.82) is 0 Å². The number of hydrogen-bond acceptors (Lipinski definition) is 4. The zero-order valence-electron chi connectivity index (χ0n) is 17.3. The average molecular weight is 416 g/mol. The molecule has 1 aromatic heterocycles. The van der Waals surface area contributed by atoms with E-state index in [-0.39, 0.29) is 17.9 Å². The lowest BCUT2D eigenvalue weighted by Gasteiger charge is -2.22. The molecule has 7 heteroatoms. The molecule has 3 aromatic rings. The molecule has 0 saturated heterocycles. The molecule has 2 heterocycles. The van der Waals surface area contributed by atoms with Crippen LogP contribution in [0.2, 0.25) is 0 Å². The molecular weight excluding hydrogens is 392 g/mol. The fraction of sp³-hybridized carbons (Fsp3) is 0.292. The Morgan fingerprint density at radius 3 is 2.65 bits per heavy atom. The largest absolute Gasteiger partial charge is 0.497 e. The summed E-state index contributed by atoms with van der Waals surface area (Å²) in [5, 5.41) is 6.10. The molecule has 1 aliphatic heterocycles. The van der Waals surface area contributed by atoms with Gasteiger partial charge in [-0.2, -0.15) is 0 Å². The number of carbonyl (C=O) groups is 2. The zero-order valence-corrected chi connectivity index (χ0v) is 17.3. The number of fused-ring (bicyclic) bond motifs is 3. The van der Waals surface area contributed by atoms with Crippen molar-refractivity contribution in [3.63, 3.8) is 0 Å². The van der Waals surface area contributed by atoms with Gasteiger partial charge in [-0.15, -0.1) is 0 Å². The van der Waals surface area contributed by atoms with Crippen LogP contribution in [-0.4, -0.2) is 34.0 Å². The SMILES string of the molecule is COc1ccc(C(=O)NC2(C(=O)NC3CCc4ccccc4-n4ccnc43)CC2)cc1. The van der Waals surface area contributed by atoms with Crippen LogP contribution in [-0.2, 0) is 11.2 Å². The number of ether oxygens (including phenoxy) is 1. The smallest absolute Gasteiger partial charge is 0.252 e. The second kappa shape index (κ2) is 7.58. The van der Waals surface area contributed by atoms with Crippen LogP contribution in [0.25, 0.3) is 5.69 Å². The van der Waals surface area contributed by atoms with Crippen LogP contribution < -0.4 is 15.4 Å². The highest BCUT2D eigenvalue weighted by Crippen LogP contribution is 2.37. The Hall–Kier alpha value is -3.61. The van der Waals surface area contributed by atoms with E-state index >= 15 is 0 Å². The first-order chi connectivity index (χ1) is 15.1. The molecule has 1 saturated carbocycles. The van der Waals surface area contributed by atoms with Crippen LogP contribution in [0, 0.1) is 0 Å². The van der Waals surface area contributed by atoms with Crippen molar-refractivity contribution in [2.45, 2.75) is 37.3 Å². The predicted molar refractivity (Wildman–Crippen MR) is 115 cm³/mol. The van der Waals surface area contributed by atoms with Crippen molar-refractivity contribution in [1.82, 2.24) is 20.2 Å². The third-order valence-electron chi connectivity index (χ3n) is 6.13. The van der Waals surface area contributed by atoms with Gasteiger partial charge in [-0.25, -0.2) is 4.98 Å². The van der Waals surface area contributed by atoms with Crippen LogP contribution in [0.5, 0.6) is 5.75 Å². The number of methoxy groups -OCH3 is 1. The topological polar surface area (TPSA) is 85.2 Å². The molecule has 2 amide bonds. The third kappa shape index (κ3) is 3.56. The molecule has 2 aromatic carbocycles. The quantitative estimate of drug-likeness (QED) is 0.670. The van der Waals surface area contributed by atoms with Gasteiger partial charge in [-0.05, 0) is 61.6 Å². The molecule has 1 aliphatic carbocycles. The van der Waals surface area contributed by atoms with Gasteiger partial charge in [0.15, 0.2) is 0 Å². The summed E-state index contributed by atoms with van der Waals surface area (Å²) < 4.78 is 7.18. The number of nitrogens with one attached hydrogen (secondary N) is 2.